The van der Waals surface area contributed by atoms with Gasteiger partial charge in [0.2, 0.25) is 11.2 Å². The van der Waals surface area contributed by atoms with Crippen molar-refractivity contribution in [3.05, 3.63) is 73.9 Å². The number of carbonyl (C=O) groups is 1. The van der Waals surface area contributed by atoms with Gasteiger partial charge >= 0.3 is 0 Å². The summed E-state index contributed by atoms with van der Waals surface area (Å²) >= 11 is 0. The molecule has 0 N–H and O–H groups in total. The summed E-state index contributed by atoms with van der Waals surface area (Å²) < 4.78 is 37.3. The Morgan fingerprint density at radius 1 is 1.12 bits per heavy atom. The molecule has 2 atom stereocenters. The van der Waals surface area contributed by atoms with Crippen LogP contribution >= 0.6 is 0 Å². The molecule has 3 aromatic rings. The summed E-state index contributed by atoms with van der Waals surface area (Å²) in [5.41, 5.74) is 0.336. The first-order valence-corrected chi connectivity index (χ1v) is 11.5. The molecule has 4 heterocycles. The van der Waals surface area contributed by atoms with Gasteiger partial charge in [-0.2, -0.15) is 4.39 Å². The highest BCUT2D eigenvalue weighted by Gasteiger charge is 2.38. The second-order valence-electron chi connectivity index (χ2n) is 9.52. The van der Waals surface area contributed by atoms with Crippen LogP contribution in [0.3, 0.4) is 0 Å². The number of carbonyl (C=O) groups excluding carboxylic acids is 1. The van der Waals surface area contributed by atoms with E-state index in [0.717, 1.165) is 31.0 Å². The number of nitrogens with zero attached hydrogens (tertiary/aromatic N) is 3. The highest BCUT2D eigenvalue weighted by Crippen LogP contribution is 2.41. The van der Waals surface area contributed by atoms with E-state index >= 15 is 0 Å². The average Bonchev–Trinajstić information content (AvgIpc) is 3.66. The Bertz CT molecular complexity index is 1470. The number of likely N-dealkylation sites (tertiary alicyclic amines) is 1. The summed E-state index contributed by atoms with van der Waals surface area (Å²) in [5, 5.41) is -0.0670. The maximum atomic E-state index is 14.4. The van der Waals surface area contributed by atoms with Crippen molar-refractivity contribution in [3.63, 3.8) is 0 Å². The van der Waals surface area contributed by atoms with E-state index in [-0.39, 0.29) is 45.7 Å². The number of methoxy groups -OCH3 is 1. The van der Waals surface area contributed by atoms with Crippen molar-refractivity contribution in [2.24, 2.45) is 5.92 Å². The molecule has 0 spiro atoms. The molecule has 7 nitrogen and oxygen atoms in total. The average molecular weight is 467 g/mol. The third kappa shape index (κ3) is 3.09. The van der Waals surface area contributed by atoms with E-state index in [4.69, 9.17) is 4.74 Å². The number of pyridine rings is 2. The normalized spacial score (nSPS) is 21.4. The molecule has 34 heavy (non-hydrogen) atoms. The minimum atomic E-state index is -1.19. The van der Waals surface area contributed by atoms with E-state index in [1.165, 1.54) is 13.3 Å². The third-order valence-corrected chi connectivity index (χ3v) is 7.31. The second kappa shape index (κ2) is 7.51. The van der Waals surface area contributed by atoms with E-state index < -0.39 is 23.0 Å². The lowest BCUT2D eigenvalue weighted by Crippen LogP contribution is -2.49. The number of aromatic nitrogens is 2. The minimum absolute atomic E-state index is 0.00287. The molecule has 1 saturated carbocycles. The second-order valence-corrected chi connectivity index (χ2v) is 9.52. The van der Waals surface area contributed by atoms with Gasteiger partial charge in [0.25, 0.3) is 11.5 Å². The van der Waals surface area contributed by atoms with Crippen LogP contribution in [0, 0.1) is 17.6 Å². The van der Waals surface area contributed by atoms with E-state index in [1.807, 2.05) is 6.07 Å². The Labute approximate surface area is 193 Å². The van der Waals surface area contributed by atoms with Gasteiger partial charge in [-0.1, -0.05) is 6.07 Å². The Hall–Kier alpha value is -3.49. The van der Waals surface area contributed by atoms with Crippen molar-refractivity contribution in [1.29, 1.82) is 0 Å². The topological polar surface area (TPSA) is 73.5 Å². The van der Waals surface area contributed by atoms with Crippen LogP contribution in [0.1, 0.15) is 47.3 Å². The highest BCUT2D eigenvalue weighted by molar-refractivity contribution is 5.98. The van der Waals surface area contributed by atoms with Crippen LogP contribution in [0.2, 0.25) is 0 Å². The lowest BCUT2D eigenvalue weighted by molar-refractivity contribution is 0.0592. The van der Waals surface area contributed by atoms with Crippen LogP contribution in [-0.2, 0) is 6.54 Å². The van der Waals surface area contributed by atoms with E-state index in [9.17, 15) is 23.2 Å². The molecule has 176 valence electrons. The minimum Gasteiger partial charge on any atom is -0.491 e. The monoisotopic (exact) mass is 467 g/mol. The molecule has 1 saturated heterocycles. The van der Waals surface area contributed by atoms with Gasteiger partial charge in [0, 0.05) is 49.6 Å². The number of halogens is 2. The van der Waals surface area contributed by atoms with Crippen molar-refractivity contribution < 1.29 is 18.3 Å². The van der Waals surface area contributed by atoms with Crippen LogP contribution in [0.15, 0.2) is 40.1 Å². The first-order chi connectivity index (χ1) is 16.4. The zero-order valence-electron chi connectivity index (χ0n) is 18.6. The van der Waals surface area contributed by atoms with Gasteiger partial charge in [-0.05, 0) is 37.3 Å². The number of ether oxygens (including phenoxy) is 1. The molecule has 2 fully saturated rings. The molecule has 1 amide bonds. The van der Waals surface area contributed by atoms with Gasteiger partial charge in [0.1, 0.15) is 5.56 Å². The quantitative estimate of drug-likeness (QED) is 0.594. The van der Waals surface area contributed by atoms with Crippen LogP contribution < -0.4 is 15.7 Å². The standard InChI is InChI=1S/C25H23F2N3O4/c1-34-24-21(27)18(26)8-16-22(24)29(15-5-6-15)12-17(23(16)32)25(33)28-9-13-7-14(11-28)19-3-2-4-20(31)30(19)10-13/h2-4,8,12-15H,5-7,9-11H2,1H3/t13-,14+/m1/s1. The maximum absolute atomic E-state index is 14.4. The van der Waals surface area contributed by atoms with Crippen LogP contribution in [-0.4, -0.2) is 40.1 Å². The number of benzene rings is 1. The number of amides is 1. The summed E-state index contributed by atoms with van der Waals surface area (Å²) in [7, 11) is 1.23. The Morgan fingerprint density at radius 3 is 2.65 bits per heavy atom. The number of fused-ring (bicyclic) bond motifs is 5. The van der Waals surface area contributed by atoms with E-state index in [1.54, 1.807) is 26.2 Å². The first kappa shape index (κ1) is 21.1. The fraction of sp³-hybridized carbons (Fsp3) is 0.400. The Balaban J connectivity index is 1.45. The van der Waals surface area contributed by atoms with Crippen molar-refractivity contribution >= 4 is 16.8 Å². The summed E-state index contributed by atoms with van der Waals surface area (Å²) in [6.07, 6.45) is 3.98. The molecule has 1 aromatic carbocycles. The van der Waals surface area contributed by atoms with Crippen molar-refractivity contribution in [1.82, 2.24) is 14.0 Å². The van der Waals surface area contributed by atoms with Crippen LogP contribution in [0.4, 0.5) is 8.78 Å². The predicted octanol–water partition coefficient (Wildman–Crippen LogP) is 3.04. The van der Waals surface area contributed by atoms with Gasteiger partial charge in [0.05, 0.1) is 18.0 Å². The van der Waals surface area contributed by atoms with Gasteiger partial charge in [-0.25, -0.2) is 4.39 Å². The van der Waals surface area contributed by atoms with Gasteiger partial charge in [-0.15, -0.1) is 0 Å². The maximum Gasteiger partial charge on any atom is 0.259 e. The molecule has 1 aliphatic carbocycles. The number of piperidine rings is 1. The molecule has 2 aliphatic heterocycles. The van der Waals surface area contributed by atoms with Gasteiger partial charge in [-0.3, -0.25) is 14.4 Å². The Kier molecular flexibility index (Phi) is 4.65. The molecular weight excluding hydrogens is 444 g/mol. The number of hydrogen-bond acceptors (Lipinski definition) is 4. The largest absolute Gasteiger partial charge is 0.491 e. The van der Waals surface area contributed by atoms with Crippen LogP contribution in [0.25, 0.3) is 10.9 Å². The van der Waals surface area contributed by atoms with Gasteiger partial charge in [0.15, 0.2) is 11.6 Å². The van der Waals surface area contributed by atoms with Crippen molar-refractivity contribution in [2.75, 3.05) is 20.2 Å². The SMILES string of the molecule is COc1c(F)c(F)cc2c(=O)c(C(=O)N3C[C@H]4C[C@@H](C3)c3cccc(=O)n3C4)cn(C3CC3)c12. The molecule has 6 rings (SSSR count). The van der Waals surface area contributed by atoms with Crippen molar-refractivity contribution in [2.45, 2.75) is 37.8 Å². The molecule has 9 heteroatoms. The van der Waals surface area contributed by atoms with E-state index in [0.29, 0.717) is 19.6 Å². The predicted molar refractivity (Wildman–Crippen MR) is 120 cm³/mol. The third-order valence-electron chi connectivity index (χ3n) is 7.31. The summed E-state index contributed by atoms with van der Waals surface area (Å²) in [6.45, 7) is 1.35. The molecule has 0 radical (unpaired) electrons. The number of rotatable bonds is 3. The summed E-state index contributed by atoms with van der Waals surface area (Å²) in [4.78, 5) is 40.9. The fourth-order valence-corrected chi connectivity index (χ4v) is 5.64. The molecule has 0 unspecified atom stereocenters. The lowest BCUT2D eigenvalue weighted by atomic mass is 9.83. The number of hydrogen-bond donors (Lipinski definition) is 0. The smallest absolute Gasteiger partial charge is 0.259 e. The van der Waals surface area contributed by atoms with E-state index in [2.05, 4.69) is 0 Å². The summed E-state index contributed by atoms with van der Waals surface area (Å²) in [6, 6.07) is 6.04. The fourth-order valence-electron chi connectivity index (χ4n) is 5.64. The lowest BCUT2D eigenvalue weighted by Gasteiger charge is -2.42. The zero-order valence-corrected chi connectivity index (χ0v) is 18.6. The zero-order chi connectivity index (χ0) is 23.7. The molecular formula is C25H23F2N3O4. The Morgan fingerprint density at radius 2 is 1.91 bits per heavy atom. The van der Waals surface area contributed by atoms with Crippen LogP contribution in [0.5, 0.6) is 5.75 Å². The van der Waals surface area contributed by atoms with Gasteiger partial charge < -0.3 is 18.8 Å². The molecule has 2 aromatic heterocycles. The summed E-state index contributed by atoms with van der Waals surface area (Å²) in [5.74, 6) is -2.99. The first-order valence-electron chi connectivity index (χ1n) is 11.5. The molecule has 3 aliphatic rings. The molecule has 2 bridgehead atoms. The van der Waals surface area contributed by atoms with Crippen molar-refractivity contribution in [3.8, 4) is 5.75 Å². The highest BCUT2D eigenvalue weighted by atomic mass is 19.2.